The van der Waals surface area contributed by atoms with Crippen LogP contribution in [0.1, 0.15) is 26.2 Å². The molecule has 1 aliphatic carbocycles. The third kappa shape index (κ3) is 1.20. The second-order valence-electron chi connectivity index (χ2n) is 3.98. The number of carboxylic acids is 1. The van der Waals surface area contributed by atoms with E-state index in [4.69, 9.17) is 5.11 Å². The summed E-state index contributed by atoms with van der Waals surface area (Å²) < 4.78 is 0. The highest BCUT2D eigenvalue weighted by atomic mass is 16.4. The largest absolute Gasteiger partial charge is 0.481 e. The Morgan fingerprint density at radius 1 is 1.23 bits per heavy atom. The first-order valence-electron chi connectivity index (χ1n) is 4.61. The maximum absolute atomic E-state index is 11.1. The first kappa shape index (κ1) is 8.53. The van der Waals surface area contributed by atoms with E-state index in [0.717, 1.165) is 6.42 Å². The minimum absolute atomic E-state index is 0.0880. The van der Waals surface area contributed by atoms with E-state index in [1.165, 1.54) is 0 Å². The van der Waals surface area contributed by atoms with Crippen LogP contribution in [0.2, 0.25) is 0 Å². The molecular formula is C9H13NO3. The van der Waals surface area contributed by atoms with Crippen LogP contribution in [0.15, 0.2) is 0 Å². The number of carboxylic acid groups (broad SMARTS) is 1. The Morgan fingerprint density at radius 2 is 1.77 bits per heavy atom. The van der Waals surface area contributed by atoms with Gasteiger partial charge in [0.25, 0.3) is 0 Å². The molecule has 3 fully saturated rings. The van der Waals surface area contributed by atoms with Crippen LogP contribution in [0.5, 0.6) is 0 Å². The zero-order valence-electron chi connectivity index (χ0n) is 7.56. The van der Waals surface area contributed by atoms with Crippen LogP contribution in [-0.4, -0.2) is 34.0 Å². The van der Waals surface area contributed by atoms with Gasteiger partial charge < -0.3 is 10.0 Å². The third-order valence-electron chi connectivity index (χ3n) is 3.16. The lowest BCUT2D eigenvalue weighted by atomic mass is 9.73. The van der Waals surface area contributed by atoms with Gasteiger partial charge in [-0.2, -0.15) is 0 Å². The van der Waals surface area contributed by atoms with Crippen LogP contribution in [0, 0.1) is 5.92 Å². The lowest BCUT2D eigenvalue weighted by Gasteiger charge is -2.54. The molecule has 3 atom stereocenters. The lowest BCUT2D eigenvalue weighted by Crippen LogP contribution is -2.63. The summed E-state index contributed by atoms with van der Waals surface area (Å²) in [5.41, 5.74) is 0. The van der Waals surface area contributed by atoms with Gasteiger partial charge >= 0.3 is 5.97 Å². The molecule has 4 nitrogen and oxygen atoms in total. The number of amides is 1. The Hall–Kier alpha value is -1.06. The van der Waals surface area contributed by atoms with Gasteiger partial charge in [0.2, 0.25) is 5.91 Å². The van der Waals surface area contributed by atoms with Crippen molar-refractivity contribution in [3.63, 3.8) is 0 Å². The summed E-state index contributed by atoms with van der Waals surface area (Å²) in [5.74, 6) is -0.845. The molecular weight excluding hydrogens is 170 g/mol. The van der Waals surface area contributed by atoms with Crippen LogP contribution in [0.3, 0.4) is 0 Å². The number of piperidine rings is 1. The second kappa shape index (κ2) is 2.72. The summed E-state index contributed by atoms with van der Waals surface area (Å²) in [6.07, 6.45) is 2.29. The van der Waals surface area contributed by atoms with E-state index < -0.39 is 5.97 Å². The number of hydrogen-bond donors (Lipinski definition) is 1. The molecule has 2 saturated heterocycles. The molecule has 13 heavy (non-hydrogen) atoms. The number of carbonyl (C=O) groups excluding carboxylic acids is 1. The second-order valence-corrected chi connectivity index (χ2v) is 3.98. The summed E-state index contributed by atoms with van der Waals surface area (Å²) in [5, 5.41) is 8.80. The van der Waals surface area contributed by atoms with E-state index in [-0.39, 0.29) is 23.9 Å². The molecule has 0 spiro atoms. The van der Waals surface area contributed by atoms with E-state index in [2.05, 4.69) is 0 Å². The van der Waals surface area contributed by atoms with E-state index >= 15 is 0 Å². The molecule has 3 rings (SSSR count). The zero-order valence-corrected chi connectivity index (χ0v) is 7.56. The van der Waals surface area contributed by atoms with Crippen LogP contribution in [-0.2, 0) is 9.59 Å². The summed E-state index contributed by atoms with van der Waals surface area (Å²) >= 11 is 0. The molecule has 0 aromatic carbocycles. The standard InChI is InChI=1S/C9H13NO3/c1-5(11)10-7-2-6(9(12)13)3-8(10)4-7/h6-8H,2-4H2,1H3,(H,12,13)/t6?,7-,8+. The Morgan fingerprint density at radius 3 is 2.15 bits per heavy atom. The zero-order chi connectivity index (χ0) is 9.59. The molecule has 2 aliphatic heterocycles. The van der Waals surface area contributed by atoms with E-state index in [1.54, 1.807) is 6.92 Å². The van der Waals surface area contributed by atoms with E-state index in [0.29, 0.717) is 12.8 Å². The number of nitrogens with zero attached hydrogens (tertiary/aromatic N) is 1. The molecule has 1 saturated carbocycles. The first-order valence-corrected chi connectivity index (χ1v) is 4.61. The topological polar surface area (TPSA) is 57.6 Å². The van der Waals surface area contributed by atoms with Gasteiger partial charge in [-0.15, -0.1) is 0 Å². The summed E-state index contributed by atoms with van der Waals surface area (Å²) in [7, 11) is 0. The monoisotopic (exact) mass is 183 g/mol. The predicted molar refractivity (Wildman–Crippen MR) is 45.1 cm³/mol. The molecule has 72 valence electrons. The first-order chi connectivity index (χ1) is 6.09. The van der Waals surface area contributed by atoms with Crippen molar-refractivity contribution in [2.45, 2.75) is 38.3 Å². The Balaban J connectivity index is 2.02. The summed E-state index contributed by atoms with van der Waals surface area (Å²) in [4.78, 5) is 23.6. The molecule has 1 N–H and O–H groups in total. The highest BCUT2D eigenvalue weighted by Gasteiger charge is 2.48. The van der Waals surface area contributed by atoms with Gasteiger partial charge in [-0.3, -0.25) is 9.59 Å². The molecule has 4 heteroatoms. The molecule has 2 heterocycles. The molecule has 0 aromatic heterocycles. The number of hydrogen-bond acceptors (Lipinski definition) is 2. The fraction of sp³-hybridized carbons (Fsp3) is 0.778. The van der Waals surface area contributed by atoms with Crippen molar-refractivity contribution < 1.29 is 14.7 Å². The summed E-state index contributed by atoms with van der Waals surface area (Å²) in [6, 6.07) is 0.412. The summed E-state index contributed by atoms with van der Waals surface area (Å²) in [6.45, 7) is 1.56. The van der Waals surface area contributed by atoms with Crippen LogP contribution in [0.4, 0.5) is 0 Å². The minimum atomic E-state index is -0.710. The smallest absolute Gasteiger partial charge is 0.306 e. The fourth-order valence-corrected chi connectivity index (χ4v) is 2.59. The van der Waals surface area contributed by atoms with Crippen molar-refractivity contribution in [2.24, 2.45) is 5.92 Å². The van der Waals surface area contributed by atoms with Crippen molar-refractivity contribution >= 4 is 11.9 Å². The molecule has 2 bridgehead atoms. The van der Waals surface area contributed by atoms with Crippen molar-refractivity contribution in [1.82, 2.24) is 4.90 Å². The van der Waals surface area contributed by atoms with Gasteiger partial charge in [0, 0.05) is 19.0 Å². The fourth-order valence-electron chi connectivity index (χ4n) is 2.59. The van der Waals surface area contributed by atoms with Gasteiger partial charge in [-0.05, 0) is 19.3 Å². The minimum Gasteiger partial charge on any atom is -0.481 e. The van der Waals surface area contributed by atoms with Gasteiger partial charge in [0.1, 0.15) is 0 Å². The van der Waals surface area contributed by atoms with Crippen LogP contribution < -0.4 is 0 Å². The number of carbonyl (C=O) groups is 2. The van der Waals surface area contributed by atoms with Crippen molar-refractivity contribution in [2.75, 3.05) is 0 Å². The van der Waals surface area contributed by atoms with E-state index in [1.807, 2.05) is 4.90 Å². The number of rotatable bonds is 1. The van der Waals surface area contributed by atoms with Crippen molar-refractivity contribution in [3.8, 4) is 0 Å². The highest BCUT2D eigenvalue weighted by molar-refractivity contribution is 5.76. The van der Waals surface area contributed by atoms with Gasteiger partial charge in [0.05, 0.1) is 5.92 Å². The van der Waals surface area contributed by atoms with Gasteiger partial charge in [-0.1, -0.05) is 0 Å². The lowest BCUT2D eigenvalue weighted by molar-refractivity contribution is -0.160. The van der Waals surface area contributed by atoms with Crippen LogP contribution >= 0.6 is 0 Å². The molecule has 1 amide bonds. The Bertz CT molecular complexity index is 252. The molecule has 0 radical (unpaired) electrons. The van der Waals surface area contributed by atoms with E-state index in [9.17, 15) is 9.59 Å². The molecule has 3 aliphatic rings. The normalized spacial score (nSPS) is 36.7. The van der Waals surface area contributed by atoms with Crippen molar-refractivity contribution in [3.05, 3.63) is 0 Å². The quantitative estimate of drug-likeness (QED) is 0.643. The Kier molecular flexibility index (Phi) is 1.78. The molecule has 0 aromatic rings. The Labute approximate surface area is 76.5 Å². The average Bonchev–Trinajstić information content (AvgIpc) is 2.03. The third-order valence-corrected chi connectivity index (χ3v) is 3.16. The maximum Gasteiger partial charge on any atom is 0.306 e. The highest BCUT2D eigenvalue weighted by Crippen LogP contribution is 2.41. The predicted octanol–water partition coefficient (Wildman–Crippen LogP) is 0.470. The van der Waals surface area contributed by atoms with Crippen molar-refractivity contribution in [1.29, 1.82) is 0 Å². The van der Waals surface area contributed by atoms with Crippen LogP contribution in [0.25, 0.3) is 0 Å². The number of fused-ring (bicyclic) bond motifs is 2. The van der Waals surface area contributed by atoms with Gasteiger partial charge in [-0.25, -0.2) is 0 Å². The molecule has 1 unspecified atom stereocenters. The number of aliphatic carboxylic acids is 1. The SMILES string of the molecule is CC(=O)N1[C@@H]2CC(C(=O)O)C[C@H]1C2. The van der Waals surface area contributed by atoms with Gasteiger partial charge in [0.15, 0.2) is 0 Å². The average molecular weight is 183 g/mol. The maximum atomic E-state index is 11.1.